The lowest BCUT2D eigenvalue weighted by Crippen LogP contribution is -2.34. The van der Waals surface area contributed by atoms with E-state index in [1.807, 2.05) is 36.7 Å². The van der Waals surface area contributed by atoms with Gasteiger partial charge in [0.2, 0.25) is 0 Å². The molecule has 2 heterocycles. The van der Waals surface area contributed by atoms with E-state index in [1.54, 1.807) is 0 Å². The Bertz CT molecular complexity index is 550. The molecular weight excluding hydrogens is 274 g/mol. The topological polar surface area (TPSA) is 47.0 Å². The van der Waals surface area contributed by atoms with Gasteiger partial charge in [-0.3, -0.25) is 0 Å². The van der Waals surface area contributed by atoms with Gasteiger partial charge >= 0.3 is 0 Å². The van der Waals surface area contributed by atoms with Crippen LogP contribution in [0.1, 0.15) is 23.1 Å². The van der Waals surface area contributed by atoms with Crippen LogP contribution in [0.15, 0.2) is 36.7 Å². The summed E-state index contributed by atoms with van der Waals surface area (Å²) in [4.78, 5) is 8.83. The van der Waals surface area contributed by atoms with Crippen molar-refractivity contribution in [2.45, 2.75) is 12.5 Å². The van der Waals surface area contributed by atoms with Crippen molar-refractivity contribution in [2.24, 2.45) is 0 Å². The molecule has 1 aromatic carbocycles. The second-order valence-corrected chi connectivity index (χ2v) is 5.25. The average Bonchev–Trinajstić information content (AvgIpc) is 2.51. The molecule has 1 fully saturated rings. The number of hydrogen-bond donors (Lipinski definition) is 1. The number of rotatable bonds is 3. The lowest BCUT2D eigenvalue weighted by atomic mass is 10.1. The Kier molecular flexibility index (Phi) is 4.25. The lowest BCUT2D eigenvalue weighted by molar-refractivity contribution is 0.0221. The Balaban J connectivity index is 1.67. The second-order valence-electron chi connectivity index (χ2n) is 4.82. The summed E-state index contributed by atoms with van der Waals surface area (Å²) in [5, 5.41) is 4.03. The predicted octanol–water partition coefficient (Wildman–Crippen LogP) is 2.38. The summed E-state index contributed by atoms with van der Waals surface area (Å²) >= 11 is 5.88. The van der Waals surface area contributed by atoms with Gasteiger partial charge in [0.15, 0.2) is 5.82 Å². The number of aromatic nitrogens is 2. The smallest absolute Gasteiger partial charge is 0.158 e. The van der Waals surface area contributed by atoms with Gasteiger partial charge in [-0.25, -0.2) is 9.97 Å². The van der Waals surface area contributed by atoms with Crippen molar-refractivity contribution < 1.29 is 4.74 Å². The first-order valence-electron chi connectivity index (χ1n) is 6.69. The van der Waals surface area contributed by atoms with Gasteiger partial charge in [-0.15, -0.1) is 0 Å². The van der Waals surface area contributed by atoms with E-state index in [0.29, 0.717) is 6.61 Å². The minimum Gasteiger partial charge on any atom is -0.368 e. The molecule has 0 bridgehead atoms. The maximum absolute atomic E-state index is 5.88. The summed E-state index contributed by atoms with van der Waals surface area (Å²) in [5.41, 5.74) is 2.28. The molecule has 1 N–H and O–H groups in total. The van der Waals surface area contributed by atoms with Crippen LogP contribution in [0.3, 0.4) is 0 Å². The molecule has 3 rings (SSSR count). The van der Waals surface area contributed by atoms with E-state index >= 15 is 0 Å². The lowest BCUT2D eigenvalue weighted by Gasteiger charge is -2.22. The molecule has 1 atom stereocenters. The molecule has 2 aromatic rings. The third-order valence-electron chi connectivity index (χ3n) is 3.26. The first-order chi connectivity index (χ1) is 9.81. The summed E-state index contributed by atoms with van der Waals surface area (Å²) in [6.07, 6.45) is 4.51. The summed E-state index contributed by atoms with van der Waals surface area (Å²) in [5.74, 6) is 0.747. The minimum absolute atomic E-state index is 0.0340. The second kappa shape index (κ2) is 6.31. The van der Waals surface area contributed by atoms with Crippen LogP contribution in [0.2, 0.25) is 5.02 Å². The molecule has 0 amide bonds. The quantitative estimate of drug-likeness (QED) is 0.942. The van der Waals surface area contributed by atoms with Gasteiger partial charge in [0.25, 0.3) is 0 Å². The van der Waals surface area contributed by atoms with Gasteiger partial charge in [-0.2, -0.15) is 0 Å². The molecule has 0 spiro atoms. The van der Waals surface area contributed by atoms with Crippen LogP contribution >= 0.6 is 11.6 Å². The van der Waals surface area contributed by atoms with Gasteiger partial charge in [0.05, 0.1) is 6.61 Å². The fraction of sp³-hybridized carbons (Fsp3) is 0.333. The van der Waals surface area contributed by atoms with E-state index in [1.165, 1.54) is 5.56 Å². The van der Waals surface area contributed by atoms with Gasteiger partial charge in [-0.05, 0) is 23.3 Å². The number of morpholine rings is 1. The molecule has 0 aliphatic carbocycles. The number of hydrogen-bond acceptors (Lipinski definition) is 4. The Morgan fingerprint density at radius 3 is 2.55 bits per heavy atom. The zero-order valence-electron chi connectivity index (χ0n) is 11.1. The fourth-order valence-corrected chi connectivity index (χ4v) is 2.32. The van der Waals surface area contributed by atoms with E-state index in [0.717, 1.165) is 35.9 Å². The van der Waals surface area contributed by atoms with Crippen molar-refractivity contribution in [1.29, 1.82) is 0 Å². The van der Waals surface area contributed by atoms with Gasteiger partial charge in [0.1, 0.15) is 6.10 Å². The summed E-state index contributed by atoms with van der Waals surface area (Å²) in [7, 11) is 0. The summed E-state index contributed by atoms with van der Waals surface area (Å²) in [6.45, 7) is 2.38. The average molecular weight is 290 g/mol. The van der Waals surface area contributed by atoms with Crippen LogP contribution in [-0.2, 0) is 11.2 Å². The number of nitrogens with one attached hydrogen (secondary N) is 1. The van der Waals surface area contributed by atoms with Crippen LogP contribution in [0, 0.1) is 0 Å². The molecule has 1 aliphatic heterocycles. The van der Waals surface area contributed by atoms with Crippen molar-refractivity contribution in [1.82, 2.24) is 15.3 Å². The number of nitrogens with zero attached hydrogens (tertiary/aromatic N) is 2. The maximum atomic E-state index is 5.88. The highest BCUT2D eigenvalue weighted by atomic mass is 35.5. The molecule has 104 valence electrons. The first kappa shape index (κ1) is 13.5. The Hall–Kier alpha value is -1.49. The van der Waals surface area contributed by atoms with E-state index in [-0.39, 0.29) is 6.10 Å². The van der Waals surface area contributed by atoms with Crippen LogP contribution in [-0.4, -0.2) is 29.7 Å². The van der Waals surface area contributed by atoms with Crippen molar-refractivity contribution in [3.63, 3.8) is 0 Å². The molecule has 5 heteroatoms. The van der Waals surface area contributed by atoms with Crippen LogP contribution in [0.25, 0.3) is 0 Å². The summed E-state index contributed by atoms with van der Waals surface area (Å²) < 4.78 is 5.63. The van der Waals surface area contributed by atoms with Crippen LogP contribution in [0.4, 0.5) is 0 Å². The molecule has 1 unspecified atom stereocenters. The van der Waals surface area contributed by atoms with Crippen molar-refractivity contribution in [3.05, 3.63) is 58.6 Å². The van der Waals surface area contributed by atoms with E-state index in [2.05, 4.69) is 15.3 Å². The molecule has 20 heavy (non-hydrogen) atoms. The van der Waals surface area contributed by atoms with Crippen molar-refractivity contribution in [2.75, 3.05) is 19.7 Å². The van der Waals surface area contributed by atoms with Gasteiger partial charge < -0.3 is 10.1 Å². The van der Waals surface area contributed by atoms with E-state index < -0.39 is 0 Å². The third kappa shape index (κ3) is 3.33. The molecular formula is C15H16ClN3O. The molecule has 0 radical (unpaired) electrons. The van der Waals surface area contributed by atoms with E-state index in [4.69, 9.17) is 16.3 Å². The van der Waals surface area contributed by atoms with Gasteiger partial charge in [-0.1, -0.05) is 23.7 Å². The molecule has 0 saturated carbocycles. The predicted molar refractivity (Wildman–Crippen MR) is 77.9 cm³/mol. The highest BCUT2D eigenvalue weighted by Crippen LogP contribution is 2.16. The fourth-order valence-electron chi connectivity index (χ4n) is 2.19. The zero-order chi connectivity index (χ0) is 13.8. The van der Waals surface area contributed by atoms with Gasteiger partial charge in [0, 0.05) is 36.9 Å². The standard InChI is InChI=1S/C15H16ClN3O/c16-13-3-1-11(2-4-13)7-12-8-18-15(19-9-12)14-10-17-5-6-20-14/h1-4,8-9,14,17H,5-7,10H2. The Morgan fingerprint density at radius 2 is 1.90 bits per heavy atom. The number of benzene rings is 1. The molecule has 1 aromatic heterocycles. The third-order valence-corrected chi connectivity index (χ3v) is 3.51. The Morgan fingerprint density at radius 1 is 1.15 bits per heavy atom. The Labute approximate surface area is 123 Å². The number of ether oxygens (including phenoxy) is 1. The highest BCUT2D eigenvalue weighted by molar-refractivity contribution is 6.30. The zero-order valence-corrected chi connectivity index (χ0v) is 11.8. The minimum atomic E-state index is -0.0340. The normalized spacial score (nSPS) is 18.9. The monoisotopic (exact) mass is 289 g/mol. The number of halogens is 1. The molecule has 4 nitrogen and oxygen atoms in total. The van der Waals surface area contributed by atoms with Crippen molar-refractivity contribution >= 4 is 11.6 Å². The van der Waals surface area contributed by atoms with Crippen molar-refractivity contribution in [3.8, 4) is 0 Å². The van der Waals surface area contributed by atoms with Crippen LogP contribution in [0.5, 0.6) is 0 Å². The summed E-state index contributed by atoms with van der Waals surface area (Å²) in [6, 6.07) is 7.83. The SMILES string of the molecule is Clc1ccc(Cc2cnc(C3CNCCO3)nc2)cc1. The van der Waals surface area contributed by atoms with E-state index in [9.17, 15) is 0 Å². The largest absolute Gasteiger partial charge is 0.368 e. The highest BCUT2D eigenvalue weighted by Gasteiger charge is 2.17. The maximum Gasteiger partial charge on any atom is 0.158 e. The first-order valence-corrected chi connectivity index (χ1v) is 7.06. The van der Waals surface area contributed by atoms with Crippen LogP contribution < -0.4 is 5.32 Å². The molecule has 1 saturated heterocycles. The molecule has 1 aliphatic rings.